The molecule has 2 aromatic heterocycles. The van der Waals surface area contributed by atoms with Gasteiger partial charge >= 0.3 is 0 Å². The zero-order valence-corrected chi connectivity index (χ0v) is 15.2. The summed E-state index contributed by atoms with van der Waals surface area (Å²) >= 11 is 6.18. The highest BCUT2D eigenvalue weighted by atomic mass is 35.5. The summed E-state index contributed by atoms with van der Waals surface area (Å²) < 4.78 is 0. The van der Waals surface area contributed by atoms with Crippen LogP contribution in [0.25, 0.3) is 28.2 Å². The number of nitrogens with one attached hydrogen (secondary N) is 1. The topological polar surface area (TPSA) is 37.8 Å². The van der Waals surface area contributed by atoms with E-state index in [0.29, 0.717) is 0 Å². The largest absolute Gasteiger partial charge is 0.372 e. The van der Waals surface area contributed by atoms with E-state index in [9.17, 15) is 0 Å². The number of aromatic nitrogens is 2. The summed E-state index contributed by atoms with van der Waals surface area (Å²) in [7, 11) is 0. The molecule has 130 valence electrons. The van der Waals surface area contributed by atoms with Gasteiger partial charge in [-0.25, -0.2) is 4.98 Å². The summed E-state index contributed by atoms with van der Waals surface area (Å²) in [4.78, 5) is 9.15. The fourth-order valence-corrected chi connectivity index (χ4v) is 3.67. The Morgan fingerprint density at radius 1 is 0.963 bits per heavy atom. The number of hydrogen-bond donors (Lipinski definition) is 1. The summed E-state index contributed by atoms with van der Waals surface area (Å²) in [5, 5.41) is 5.48. The Hall–Kier alpha value is -3.17. The Labute approximate surface area is 162 Å². The summed E-state index contributed by atoms with van der Waals surface area (Å²) in [6, 6.07) is 20.3. The summed E-state index contributed by atoms with van der Waals surface area (Å²) in [5.41, 5.74) is 6.20. The van der Waals surface area contributed by atoms with Crippen molar-refractivity contribution in [2.24, 2.45) is 0 Å². The average molecular weight is 370 g/mol. The lowest BCUT2D eigenvalue weighted by atomic mass is 9.98. The average Bonchev–Trinajstić information content (AvgIpc) is 2.73. The van der Waals surface area contributed by atoms with Gasteiger partial charge in [0.1, 0.15) is 0 Å². The molecule has 3 heterocycles. The van der Waals surface area contributed by atoms with Crippen LogP contribution in [0.1, 0.15) is 17.2 Å². The predicted octanol–water partition coefficient (Wildman–Crippen LogP) is 6.13. The first-order chi connectivity index (χ1) is 13.3. The number of halogens is 1. The van der Waals surface area contributed by atoms with Crippen LogP contribution in [0.3, 0.4) is 0 Å². The van der Waals surface area contributed by atoms with Crippen molar-refractivity contribution in [1.29, 1.82) is 0 Å². The van der Waals surface area contributed by atoms with Gasteiger partial charge in [0.15, 0.2) is 0 Å². The lowest BCUT2D eigenvalue weighted by molar-refractivity contribution is 0.981. The van der Waals surface area contributed by atoms with Crippen molar-refractivity contribution in [3.8, 4) is 11.3 Å². The molecule has 0 aliphatic carbocycles. The van der Waals surface area contributed by atoms with Crippen LogP contribution in [0.4, 0.5) is 5.69 Å². The molecule has 1 N–H and O–H groups in total. The van der Waals surface area contributed by atoms with Crippen LogP contribution in [-0.4, -0.2) is 9.97 Å². The van der Waals surface area contributed by atoms with Gasteiger partial charge in [-0.2, -0.15) is 0 Å². The van der Waals surface area contributed by atoms with Crippen molar-refractivity contribution in [1.82, 2.24) is 9.97 Å². The standard InChI is InChI=1S/C23H16ClN3/c24-19-5-1-3-17(13-19)20-10-8-15-6-7-16-9-11-21(18-4-2-12-25-14-18)27-23(16)22(15)26-20/h1-14,20,26H. The van der Waals surface area contributed by atoms with Gasteiger partial charge in [0.05, 0.1) is 22.9 Å². The Kier molecular flexibility index (Phi) is 3.88. The quantitative estimate of drug-likeness (QED) is 0.461. The summed E-state index contributed by atoms with van der Waals surface area (Å²) in [6.07, 6.45) is 7.92. The molecular formula is C23H16ClN3. The number of benzene rings is 2. The van der Waals surface area contributed by atoms with E-state index in [1.165, 1.54) is 0 Å². The molecule has 0 bridgehead atoms. The lowest BCUT2D eigenvalue weighted by Gasteiger charge is -2.24. The number of hydrogen-bond acceptors (Lipinski definition) is 3. The minimum Gasteiger partial charge on any atom is -0.372 e. The molecule has 1 atom stereocenters. The second-order valence-electron chi connectivity index (χ2n) is 6.58. The van der Waals surface area contributed by atoms with Crippen molar-refractivity contribution in [3.05, 3.63) is 95.3 Å². The van der Waals surface area contributed by atoms with Crippen LogP contribution in [-0.2, 0) is 0 Å². The van der Waals surface area contributed by atoms with Gasteiger partial charge in [-0.3, -0.25) is 4.98 Å². The minimum atomic E-state index is 0.0608. The van der Waals surface area contributed by atoms with Crippen molar-refractivity contribution < 1.29 is 0 Å². The number of pyridine rings is 2. The van der Waals surface area contributed by atoms with Crippen LogP contribution >= 0.6 is 11.6 Å². The van der Waals surface area contributed by atoms with Crippen LogP contribution in [0, 0.1) is 0 Å². The van der Waals surface area contributed by atoms with E-state index in [4.69, 9.17) is 16.6 Å². The summed E-state index contributed by atoms with van der Waals surface area (Å²) in [6.45, 7) is 0. The second-order valence-corrected chi connectivity index (χ2v) is 7.01. The van der Waals surface area contributed by atoms with E-state index in [0.717, 1.165) is 44.0 Å². The van der Waals surface area contributed by atoms with E-state index in [1.807, 2.05) is 42.6 Å². The molecule has 27 heavy (non-hydrogen) atoms. The Morgan fingerprint density at radius 2 is 1.89 bits per heavy atom. The maximum absolute atomic E-state index is 6.18. The highest BCUT2D eigenvalue weighted by Crippen LogP contribution is 2.36. The SMILES string of the molecule is Clc1cccc(C2C=Cc3ccc4ccc(-c5cccnc5)nc4c3N2)c1. The molecule has 3 nitrogen and oxygen atoms in total. The minimum absolute atomic E-state index is 0.0608. The van der Waals surface area contributed by atoms with Gasteiger partial charge in [0.2, 0.25) is 0 Å². The van der Waals surface area contributed by atoms with Gasteiger partial charge in [-0.15, -0.1) is 0 Å². The first-order valence-corrected chi connectivity index (χ1v) is 9.20. The molecule has 1 unspecified atom stereocenters. The van der Waals surface area contributed by atoms with E-state index in [2.05, 4.69) is 46.7 Å². The lowest BCUT2D eigenvalue weighted by Crippen LogP contribution is -2.13. The van der Waals surface area contributed by atoms with Gasteiger partial charge in [0.25, 0.3) is 0 Å². The maximum atomic E-state index is 6.18. The van der Waals surface area contributed by atoms with Crippen molar-refractivity contribution in [2.45, 2.75) is 6.04 Å². The first kappa shape index (κ1) is 16.0. The van der Waals surface area contributed by atoms with Gasteiger partial charge < -0.3 is 5.32 Å². The Balaban J connectivity index is 1.62. The second kappa shape index (κ2) is 6.53. The molecule has 0 saturated heterocycles. The first-order valence-electron chi connectivity index (χ1n) is 8.82. The van der Waals surface area contributed by atoms with Crippen molar-refractivity contribution in [2.75, 3.05) is 5.32 Å². The van der Waals surface area contributed by atoms with E-state index >= 15 is 0 Å². The van der Waals surface area contributed by atoms with Crippen molar-refractivity contribution >= 4 is 34.3 Å². The maximum Gasteiger partial charge on any atom is 0.0947 e. The molecule has 2 aromatic carbocycles. The number of nitrogens with zero attached hydrogens (tertiary/aromatic N) is 2. The zero-order valence-electron chi connectivity index (χ0n) is 14.4. The van der Waals surface area contributed by atoms with Gasteiger partial charge in [-0.05, 0) is 41.5 Å². The molecule has 4 aromatic rings. The third-order valence-corrected chi connectivity index (χ3v) is 5.06. The number of rotatable bonds is 2. The van der Waals surface area contributed by atoms with Gasteiger partial charge in [-0.1, -0.05) is 54.1 Å². The molecule has 4 heteroatoms. The summed E-state index contributed by atoms with van der Waals surface area (Å²) in [5.74, 6) is 0. The normalized spacial score (nSPS) is 15.4. The monoisotopic (exact) mass is 369 g/mol. The Morgan fingerprint density at radius 3 is 2.74 bits per heavy atom. The van der Waals surface area contributed by atoms with Crippen LogP contribution in [0.5, 0.6) is 0 Å². The molecule has 0 fully saturated rings. The van der Waals surface area contributed by atoms with E-state index in [1.54, 1.807) is 6.20 Å². The molecule has 5 rings (SSSR count). The van der Waals surface area contributed by atoms with E-state index < -0.39 is 0 Å². The van der Waals surface area contributed by atoms with Crippen LogP contribution < -0.4 is 5.32 Å². The molecule has 0 spiro atoms. The fraction of sp³-hybridized carbons (Fsp3) is 0.0435. The number of anilines is 1. The van der Waals surface area contributed by atoms with E-state index in [-0.39, 0.29) is 6.04 Å². The predicted molar refractivity (Wildman–Crippen MR) is 112 cm³/mol. The number of fused-ring (bicyclic) bond motifs is 3. The molecule has 0 amide bonds. The van der Waals surface area contributed by atoms with Crippen molar-refractivity contribution in [3.63, 3.8) is 0 Å². The smallest absolute Gasteiger partial charge is 0.0947 e. The molecule has 1 aliphatic heterocycles. The van der Waals surface area contributed by atoms with Crippen LogP contribution in [0.2, 0.25) is 5.02 Å². The molecule has 0 radical (unpaired) electrons. The third-order valence-electron chi connectivity index (χ3n) is 4.83. The zero-order chi connectivity index (χ0) is 18.2. The highest BCUT2D eigenvalue weighted by Gasteiger charge is 2.18. The van der Waals surface area contributed by atoms with Gasteiger partial charge in [0, 0.05) is 28.4 Å². The highest BCUT2D eigenvalue weighted by molar-refractivity contribution is 6.30. The molecule has 1 aliphatic rings. The van der Waals surface area contributed by atoms with Crippen LogP contribution in [0.15, 0.2) is 79.1 Å². The Bertz CT molecular complexity index is 1170. The third kappa shape index (κ3) is 2.96. The fourth-order valence-electron chi connectivity index (χ4n) is 3.47. The molecule has 0 saturated carbocycles. The molecular weight excluding hydrogens is 354 g/mol.